The van der Waals surface area contributed by atoms with Gasteiger partial charge in [-0.05, 0) is 25.1 Å². The molecule has 6 nitrogen and oxygen atoms in total. The molecule has 0 aliphatic heterocycles. The monoisotopic (exact) mass is 265 g/mol. The van der Waals surface area contributed by atoms with Gasteiger partial charge < -0.3 is 14.9 Å². The van der Waals surface area contributed by atoms with Crippen molar-refractivity contribution >= 4 is 11.7 Å². The Morgan fingerprint density at radius 2 is 2.32 bits per heavy atom. The van der Waals surface area contributed by atoms with Gasteiger partial charge in [0.05, 0.1) is 11.3 Å². The van der Waals surface area contributed by atoms with E-state index in [1.807, 2.05) is 0 Å². The fraction of sp³-hybridized carbons (Fsp3) is 0.250. The predicted octanol–water partition coefficient (Wildman–Crippen LogP) is 1.87. The first-order valence-electron chi connectivity index (χ1n) is 5.62. The summed E-state index contributed by atoms with van der Waals surface area (Å²) in [6, 6.07) is 3.70. The van der Waals surface area contributed by atoms with Gasteiger partial charge in [-0.3, -0.25) is 0 Å². The number of carbonyl (C=O) groups is 1. The number of nitrogens with one attached hydrogen (secondary N) is 1. The molecule has 0 saturated heterocycles. The van der Waals surface area contributed by atoms with Crippen LogP contribution in [0.5, 0.6) is 0 Å². The maximum Gasteiger partial charge on any atom is 0.335 e. The highest BCUT2D eigenvalue weighted by atomic mass is 19.1. The average molecular weight is 265 g/mol. The minimum atomic E-state index is -1.16. The van der Waals surface area contributed by atoms with Gasteiger partial charge >= 0.3 is 5.97 Å². The molecule has 1 aromatic heterocycles. The lowest BCUT2D eigenvalue weighted by Gasteiger charge is -2.06. The molecule has 1 heterocycles. The number of carboxylic acids is 1. The molecule has 0 aliphatic rings. The maximum atomic E-state index is 13.6. The van der Waals surface area contributed by atoms with Crippen LogP contribution in [0.1, 0.15) is 22.1 Å². The second kappa shape index (κ2) is 5.47. The van der Waals surface area contributed by atoms with Crippen molar-refractivity contribution < 1.29 is 18.8 Å². The first-order valence-corrected chi connectivity index (χ1v) is 5.62. The van der Waals surface area contributed by atoms with Crippen LogP contribution in [0.4, 0.5) is 10.1 Å². The van der Waals surface area contributed by atoms with Crippen LogP contribution in [-0.2, 0) is 6.42 Å². The minimum absolute atomic E-state index is 0.0874. The molecule has 0 fully saturated rings. The maximum absolute atomic E-state index is 13.6. The Labute approximate surface area is 108 Å². The molecule has 0 saturated carbocycles. The summed E-state index contributed by atoms with van der Waals surface area (Å²) in [5, 5.41) is 15.2. The van der Waals surface area contributed by atoms with Crippen molar-refractivity contribution in [3.05, 3.63) is 41.3 Å². The van der Waals surface area contributed by atoms with Crippen LogP contribution in [-0.4, -0.2) is 27.8 Å². The summed E-state index contributed by atoms with van der Waals surface area (Å²) in [6.45, 7) is 2.12. The van der Waals surface area contributed by atoms with Crippen molar-refractivity contribution in [1.29, 1.82) is 0 Å². The SMILES string of the molecule is Cc1noc(CCNc2ccc(C(=O)O)cc2F)n1. The molecule has 0 amide bonds. The number of rotatable bonds is 5. The largest absolute Gasteiger partial charge is 0.478 e. The van der Waals surface area contributed by atoms with Gasteiger partial charge in [0.2, 0.25) is 5.89 Å². The summed E-state index contributed by atoms with van der Waals surface area (Å²) in [5.41, 5.74) is 0.150. The highest BCUT2D eigenvalue weighted by Crippen LogP contribution is 2.15. The minimum Gasteiger partial charge on any atom is -0.478 e. The van der Waals surface area contributed by atoms with Crippen LogP contribution in [0.25, 0.3) is 0 Å². The Morgan fingerprint density at radius 1 is 1.53 bits per heavy atom. The van der Waals surface area contributed by atoms with Crippen molar-refractivity contribution in [2.24, 2.45) is 0 Å². The summed E-state index contributed by atoms with van der Waals surface area (Å²) in [6.07, 6.45) is 0.459. The highest BCUT2D eigenvalue weighted by Gasteiger charge is 2.08. The number of carboxylic acid groups (broad SMARTS) is 1. The number of hydrogen-bond acceptors (Lipinski definition) is 5. The Kier molecular flexibility index (Phi) is 3.74. The lowest BCUT2D eigenvalue weighted by atomic mass is 10.2. The fourth-order valence-corrected chi connectivity index (χ4v) is 1.54. The van der Waals surface area contributed by atoms with E-state index in [9.17, 15) is 9.18 Å². The third-order valence-electron chi connectivity index (χ3n) is 2.44. The summed E-state index contributed by atoms with van der Waals surface area (Å²) >= 11 is 0. The number of hydrogen-bond donors (Lipinski definition) is 2. The van der Waals surface area contributed by atoms with Gasteiger partial charge in [0, 0.05) is 13.0 Å². The van der Waals surface area contributed by atoms with Crippen LogP contribution < -0.4 is 5.32 Å². The zero-order valence-electron chi connectivity index (χ0n) is 10.2. The second-order valence-corrected chi connectivity index (χ2v) is 3.91. The van der Waals surface area contributed by atoms with Crippen LogP contribution in [0.3, 0.4) is 0 Å². The molecule has 19 heavy (non-hydrogen) atoms. The smallest absolute Gasteiger partial charge is 0.335 e. The number of aryl methyl sites for hydroxylation is 1. The van der Waals surface area contributed by atoms with Gasteiger partial charge in [0.1, 0.15) is 5.82 Å². The standard InChI is InChI=1S/C12H12FN3O3/c1-7-15-11(19-16-7)4-5-14-10-3-2-8(12(17)18)6-9(10)13/h2-3,6,14H,4-5H2,1H3,(H,17,18). The van der Waals surface area contributed by atoms with Gasteiger partial charge in [0.15, 0.2) is 5.82 Å². The molecule has 0 radical (unpaired) electrons. The normalized spacial score (nSPS) is 10.4. The summed E-state index contributed by atoms with van der Waals surface area (Å²) in [4.78, 5) is 14.7. The first kappa shape index (κ1) is 13.0. The zero-order valence-corrected chi connectivity index (χ0v) is 10.2. The average Bonchev–Trinajstić information content (AvgIpc) is 2.77. The zero-order chi connectivity index (χ0) is 13.8. The second-order valence-electron chi connectivity index (χ2n) is 3.91. The van der Waals surface area contributed by atoms with Crippen molar-refractivity contribution in [1.82, 2.24) is 10.1 Å². The van der Waals surface area contributed by atoms with E-state index < -0.39 is 11.8 Å². The fourth-order valence-electron chi connectivity index (χ4n) is 1.54. The number of benzene rings is 1. The van der Waals surface area contributed by atoms with E-state index in [-0.39, 0.29) is 11.3 Å². The molecule has 2 aromatic rings. The number of aromatic nitrogens is 2. The molecule has 2 N–H and O–H groups in total. The molecule has 0 atom stereocenters. The Morgan fingerprint density at radius 3 is 2.89 bits per heavy atom. The molecule has 7 heteroatoms. The molecule has 0 aliphatic carbocycles. The van der Waals surface area contributed by atoms with Crippen LogP contribution in [0, 0.1) is 12.7 Å². The van der Waals surface area contributed by atoms with Crippen LogP contribution >= 0.6 is 0 Å². The molecule has 100 valence electrons. The van der Waals surface area contributed by atoms with Crippen molar-refractivity contribution in [3.8, 4) is 0 Å². The van der Waals surface area contributed by atoms with Crippen LogP contribution in [0.15, 0.2) is 22.7 Å². The number of aromatic carboxylic acids is 1. The van der Waals surface area contributed by atoms with Gasteiger partial charge in [-0.1, -0.05) is 5.16 Å². The van der Waals surface area contributed by atoms with E-state index in [0.717, 1.165) is 6.07 Å². The molecule has 0 unspecified atom stereocenters. The van der Waals surface area contributed by atoms with E-state index in [0.29, 0.717) is 24.7 Å². The van der Waals surface area contributed by atoms with Gasteiger partial charge in [-0.25, -0.2) is 9.18 Å². The quantitative estimate of drug-likeness (QED) is 0.858. The van der Waals surface area contributed by atoms with Gasteiger partial charge in [-0.2, -0.15) is 4.98 Å². The molecule has 2 rings (SSSR count). The topological polar surface area (TPSA) is 88.2 Å². The molecular formula is C12H12FN3O3. The predicted molar refractivity (Wildman–Crippen MR) is 64.6 cm³/mol. The third kappa shape index (κ3) is 3.27. The Hall–Kier alpha value is -2.44. The Balaban J connectivity index is 1.94. The van der Waals surface area contributed by atoms with E-state index in [2.05, 4.69) is 15.5 Å². The lowest BCUT2D eigenvalue weighted by Crippen LogP contribution is -2.07. The van der Waals surface area contributed by atoms with E-state index in [1.165, 1.54) is 12.1 Å². The molecule has 0 bridgehead atoms. The summed E-state index contributed by atoms with van der Waals surface area (Å²) < 4.78 is 18.5. The van der Waals surface area contributed by atoms with E-state index in [1.54, 1.807) is 6.92 Å². The van der Waals surface area contributed by atoms with E-state index >= 15 is 0 Å². The van der Waals surface area contributed by atoms with Gasteiger partial charge in [-0.15, -0.1) is 0 Å². The van der Waals surface area contributed by atoms with Gasteiger partial charge in [0.25, 0.3) is 0 Å². The summed E-state index contributed by atoms with van der Waals surface area (Å²) in [7, 11) is 0. The molecular weight excluding hydrogens is 253 g/mol. The number of nitrogens with zero attached hydrogens (tertiary/aromatic N) is 2. The van der Waals surface area contributed by atoms with Crippen molar-refractivity contribution in [3.63, 3.8) is 0 Å². The first-order chi connectivity index (χ1) is 9.06. The summed E-state index contributed by atoms with van der Waals surface area (Å²) in [5.74, 6) is -0.757. The van der Waals surface area contributed by atoms with Crippen LogP contribution in [0.2, 0.25) is 0 Å². The Bertz CT molecular complexity index is 598. The third-order valence-corrected chi connectivity index (χ3v) is 2.44. The van der Waals surface area contributed by atoms with E-state index in [4.69, 9.17) is 9.63 Å². The number of halogens is 1. The molecule has 1 aromatic carbocycles. The highest BCUT2D eigenvalue weighted by molar-refractivity contribution is 5.88. The van der Waals surface area contributed by atoms with Crippen molar-refractivity contribution in [2.75, 3.05) is 11.9 Å². The number of anilines is 1. The lowest BCUT2D eigenvalue weighted by molar-refractivity contribution is 0.0696. The van der Waals surface area contributed by atoms with Crippen molar-refractivity contribution in [2.45, 2.75) is 13.3 Å². The molecule has 0 spiro atoms.